The molecule has 1 saturated carbocycles. The van der Waals surface area contributed by atoms with Crippen LogP contribution in [-0.2, 0) is 19.4 Å². The zero-order valence-corrected chi connectivity index (χ0v) is 13.2. The van der Waals surface area contributed by atoms with E-state index in [1.165, 1.54) is 6.92 Å². The van der Waals surface area contributed by atoms with E-state index in [1.807, 2.05) is 0 Å². The Morgan fingerprint density at radius 1 is 1.19 bits per heavy atom. The van der Waals surface area contributed by atoms with Gasteiger partial charge in [0.1, 0.15) is 6.04 Å². The van der Waals surface area contributed by atoms with E-state index in [0.717, 1.165) is 25.7 Å². The number of sulfone groups is 1. The molecule has 1 aliphatic heterocycles. The summed E-state index contributed by atoms with van der Waals surface area (Å²) >= 11 is 0. The predicted molar refractivity (Wildman–Crippen MR) is 79.3 cm³/mol. The second kappa shape index (κ2) is 6.77. The van der Waals surface area contributed by atoms with Crippen LogP contribution in [-0.4, -0.2) is 44.3 Å². The lowest BCUT2D eigenvalue weighted by molar-refractivity contribution is -0.129. The van der Waals surface area contributed by atoms with E-state index >= 15 is 0 Å². The highest BCUT2D eigenvalue weighted by atomic mass is 32.2. The van der Waals surface area contributed by atoms with Gasteiger partial charge in [-0.05, 0) is 31.1 Å². The minimum atomic E-state index is -2.92. The minimum absolute atomic E-state index is 0.000469. The SMILES string of the molecule is CC(=O)N[C@@H](C(=O)NC[C@@H]1CCS(=O)(=O)C1)C1CCCC1. The third-order valence-electron chi connectivity index (χ3n) is 4.40. The highest BCUT2D eigenvalue weighted by molar-refractivity contribution is 7.91. The van der Waals surface area contributed by atoms with Crippen LogP contribution in [0.5, 0.6) is 0 Å². The molecule has 0 bridgehead atoms. The third-order valence-corrected chi connectivity index (χ3v) is 6.24. The van der Waals surface area contributed by atoms with E-state index in [4.69, 9.17) is 0 Å². The highest BCUT2D eigenvalue weighted by Gasteiger charge is 2.33. The van der Waals surface area contributed by atoms with Crippen LogP contribution >= 0.6 is 0 Å². The molecule has 1 heterocycles. The fourth-order valence-electron chi connectivity index (χ4n) is 3.30. The van der Waals surface area contributed by atoms with Crippen LogP contribution in [0.15, 0.2) is 0 Å². The van der Waals surface area contributed by atoms with E-state index in [1.54, 1.807) is 0 Å². The fraction of sp³-hybridized carbons (Fsp3) is 0.857. The second-order valence-electron chi connectivity index (χ2n) is 6.24. The summed E-state index contributed by atoms with van der Waals surface area (Å²) in [4.78, 5) is 23.6. The summed E-state index contributed by atoms with van der Waals surface area (Å²) in [6.45, 7) is 1.79. The first-order chi connectivity index (χ1) is 9.87. The molecule has 2 fully saturated rings. The topological polar surface area (TPSA) is 92.3 Å². The van der Waals surface area contributed by atoms with Gasteiger partial charge in [-0.1, -0.05) is 12.8 Å². The summed E-state index contributed by atoms with van der Waals surface area (Å²) in [7, 11) is -2.92. The number of carbonyl (C=O) groups is 2. The van der Waals surface area contributed by atoms with Gasteiger partial charge in [0, 0.05) is 13.5 Å². The second-order valence-corrected chi connectivity index (χ2v) is 8.47. The van der Waals surface area contributed by atoms with E-state index in [9.17, 15) is 18.0 Å². The molecule has 0 aromatic rings. The Morgan fingerprint density at radius 3 is 2.38 bits per heavy atom. The van der Waals surface area contributed by atoms with E-state index in [2.05, 4.69) is 10.6 Å². The molecule has 120 valence electrons. The number of amides is 2. The van der Waals surface area contributed by atoms with E-state index in [0.29, 0.717) is 13.0 Å². The van der Waals surface area contributed by atoms with Gasteiger partial charge in [-0.25, -0.2) is 8.42 Å². The quantitative estimate of drug-likeness (QED) is 0.759. The lowest BCUT2D eigenvalue weighted by atomic mass is 9.97. The fourth-order valence-corrected chi connectivity index (χ4v) is 5.16. The largest absolute Gasteiger partial charge is 0.354 e. The van der Waals surface area contributed by atoms with Gasteiger partial charge >= 0.3 is 0 Å². The van der Waals surface area contributed by atoms with Crippen LogP contribution in [0.3, 0.4) is 0 Å². The molecular weight excluding hydrogens is 292 g/mol. The van der Waals surface area contributed by atoms with Crippen molar-refractivity contribution in [1.82, 2.24) is 10.6 Å². The normalized spacial score (nSPS) is 26.4. The first-order valence-corrected chi connectivity index (χ1v) is 9.45. The maximum atomic E-state index is 12.3. The Balaban J connectivity index is 1.87. The van der Waals surface area contributed by atoms with Crippen molar-refractivity contribution in [3.63, 3.8) is 0 Å². The highest BCUT2D eigenvalue weighted by Crippen LogP contribution is 2.28. The summed E-state index contributed by atoms with van der Waals surface area (Å²) in [6, 6.07) is -0.483. The van der Waals surface area contributed by atoms with Gasteiger partial charge in [-0.2, -0.15) is 0 Å². The third kappa shape index (κ3) is 4.69. The average Bonchev–Trinajstić information content (AvgIpc) is 3.02. The zero-order valence-electron chi connectivity index (χ0n) is 12.4. The van der Waals surface area contributed by atoms with Crippen LogP contribution in [0.1, 0.15) is 39.0 Å². The molecule has 6 nitrogen and oxygen atoms in total. The summed E-state index contributed by atoms with van der Waals surface area (Å²) in [5.41, 5.74) is 0. The van der Waals surface area contributed by atoms with Crippen molar-refractivity contribution in [2.75, 3.05) is 18.1 Å². The van der Waals surface area contributed by atoms with Crippen molar-refractivity contribution in [3.8, 4) is 0 Å². The molecule has 2 aliphatic rings. The minimum Gasteiger partial charge on any atom is -0.354 e. The molecule has 0 spiro atoms. The summed E-state index contributed by atoms with van der Waals surface area (Å²) in [6.07, 6.45) is 4.70. The van der Waals surface area contributed by atoms with Gasteiger partial charge < -0.3 is 10.6 Å². The predicted octanol–water partition coefficient (Wildman–Crippen LogP) is 0.232. The Hall–Kier alpha value is -1.11. The number of nitrogens with one attached hydrogen (secondary N) is 2. The van der Waals surface area contributed by atoms with Gasteiger partial charge in [0.15, 0.2) is 9.84 Å². The first kappa shape index (κ1) is 16.3. The molecule has 21 heavy (non-hydrogen) atoms. The molecule has 2 amide bonds. The smallest absolute Gasteiger partial charge is 0.242 e. The number of carbonyl (C=O) groups excluding carboxylic acids is 2. The molecule has 2 rings (SSSR count). The van der Waals surface area contributed by atoms with Crippen molar-refractivity contribution >= 4 is 21.7 Å². The average molecular weight is 316 g/mol. The van der Waals surface area contributed by atoms with Gasteiger partial charge in [0.25, 0.3) is 0 Å². The van der Waals surface area contributed by atoms with Gasteiger partial charge in [0.2, 0.25) is 11.8 Å². The van der Waals surface area contributed by atoms with Crippen LogP contribution in [0, 0.1) is 11.8 Å². The van der Waals surface area contributed by atoms with E-state index < -0.39 is 15.9 Å². The monoisotopic (exact) mass is 316 g/mol. The standard InChI is InChI=1S/C14H24N2O4S/c1-10(17)16-13(12-4-2-3-5-12)14(18)15-8-11-6-7-21(19,20)9-11/h11-13H,2-9H2,1H3,(H,15,18)(H,16,17)/t11-,13+/m0/s1. The Bertz CT molecular complexity index is 497. The molecule has 0 unspecified atom stereocenters. The van der Waals surface area contributed by atoms with E-state index in [-0.39, 0.29) is 35.2 Å². The number of hydrogen-bond acceptors (Lipinski definition) is 4. The number of hydrogen-bond donors (Lipinski definition) is 2. The molecule has 0 radical (unpaired) electrons. The summed E-state index contributed by atoms with van der Waals surface area (Å²) < 4.78 is 22.8. The molecule has 1 aliphatic carbocycles. The molecule has 0 aromatic carbocycles. The van der Waals surface area contributed by atoms with Gasteiger partial charge in [-0.15, -0.1) is 0 Å². The van der Waals surface area contributed by atoms with Crippen molar-refractivity contribution in [2.24, 2.45) is 11.8 Å². The van der Waals surface area contributed by atoms with Crippen molar-refractivity contribution in [1.29, 1.82) is 0 Å². The molecular formula is C14H24N2O4S. The van der Waals surface area contributed by atoms with Crippen molar-refractivity contribution in [2.45, 2.75) is 45.1 Å². The van der Waals surface area contributed by atoms with Gasteiger partial charge in [0.05, 0.1) is 11.5 Å². The zero-order chi connectivity index (χ0) is 15.5. The molecule has 1 saturated heterocycles. The summed E-state index contributed by atoms with van der Waals surface area (Å²) in [5, 5.41) is 5.57. The maximum absolute atomic E-state index is 12.3. The number of rotatable bonds is 5. The summed E-state index contributed by atoms with van der Waals surface area (Å²) in [5.74, 6) is 0.181. The van der Waals surface area contributed by atoms with Crippen LogP contribution < -0.4 is 10.6 Å². The van der Waals surface area contributed by atoms with Gasteiger partial charge in [-0.3, -0.25) is 9.59 Å². The van der Waals surface area contributed by atoms with Crippen molar-refractivity contribution < 1.29 is 18.0 Å². The van der Waals surface area contributed by atoms with Crippen molar-refractivity contribution in [3.05, 3.63) is 0 Å². The maximum Gasteiger partial charge on any atom is 0.242 e. The van der Waals surface area contributed by atoms with Crippen LogP contribution in [0.2, 0.25) is 0 Å². The molecule has 2 atom stereocenters. The Morgan fingerprint density at radius 2 is 1.86 bits per heavy atom. The lowest BCUT2D eigenvalue weighted by Crippen LogP contribution is -2.50. The first-order valence-electron chi connectivity index (χ1n) is 7.62. The van der Waals surface area contributed by atoms with Crippen LogP contribution in [0.25, 0.3) is 0 Å². The molecule has 0 aromatic heterocycles. The Labute approximate surface area is 126 Å². The lowest BCUT2D eigenvalue weighted by Gasteiger charge is -2.24. The van der Waals surface area contributed by atoms with Crippen LogP contribution in [0.4, 0.5) is 0 Å². The molecule has 2 N–H and O–H groups in total. The Kier molecular flexibility index (Phi) is 5.24. The molecule has 7 heteroatoms.